The zero-order valence-corrected chi connectivity index (χ0v) is 21.1. The van der Waals surface area contributed by atoms with E-state index in [2.05, 4.69) is 26.3 Å². The topological polar surface area (TPSA) is 88.7 Å². The van der Waals surface area contributed by atoms with Crippen molar-refractivity contribution in [1.82, 2.24) is 9.97 Å². The molecule has 2 aromatic carbocycles. The maximum absolute atomic E-state index is 12.6. The van der Waals surface area contributed by atoms with Crippen LogP contribution in [0.4, 0.5) is 11.4 Å². The highest BCUT2D eigenvalue weighted by molar-refractivity contribution is 7.99. The summed E-state index contributed by atoms with van der Waals surface area (Å²) in [7, 11) is 1.61. The Balaban J connectivity index is 1.24. The molecule has 0 saturated carbocycles. The van der Waals surface area contributed by atoms with Gasteiger partial charge < -0.3 is 29.4 Å². The number of aromatic nitrogens is 2. The number of hydrogen-bond acceptors (Lipinski definition) is 8. The van der Waals surface area contributed by atoms with Crippen molar-refractivity contribution in [2.45, 2.75) is 16.3 Å². The number of anilines is 2. The number of pyridine rings is 2. The number of nitrogens with one attached hydrogen (secondary N) is 2. The molecule has 2 N–H and O–H groups in total. The fraction of sp³-hybridized carbons (Fsp3) is 0.214. The minimum absolute atomic E-state index is 0.136. The summed E-state index contributed by atoms with van der Waals surface area (Å²) in [5.74, 6) is 2.13. The van der Waals surface area contributed by atoms with E-state index in [0.29, 0.717) is 25.6 Å². The van der Waals surface area contributed by atoms with Crippen molar-refractivity contribution < 1.29 is 14.2 Å². The highest BCUT2D eigenvalue weighted by atomic mass is 32.2. The summed E-state index contributed by atoms with van der Waals surface area (Å²) in [5.41, 5.74) is 4.41. The van der Waals surface area contributed by atoms with Crippen LogP contribution in [0.15, 0.2) is 81.4 Å². The highest BCUT2D eigenvalue weighted by Gasteiger charge is 2.23. The van der Waals surface area contributed by atoms with Crippen LogP contribution in [0.25, 0.3) is 11.3 Å². The van der Waals surface area contributed by atoms with Gasteiger partial charge in [0.05, 0.1) is 35.8 Å². The lowest BCUT2D eigenvalue weighted by Gasteiger charge is -2.29. The predicted octanol–water partition coefficient (Wildman–Crippen LogP) is 5.15. The second-order valence-electron chi connectivity index (χ2n) is 8.78. The molecule has 1 fully saturated rings. The molecule has 0 bridgehead atoms. The normalized spacial score (nSPS) is 14.4. The molecule has 1 saturated heterocycles. The number of rotatable bonds is 6. The maximum atomic E-state index is 12.6. The molecule has 8 nitrogen and oxygen atoms in total. The van der Waals surface area contributed by atoms with Crippen molar-refractivity contribution in [1.29, 1.82) is 0 Å². The Bertz CT molecular complexity index is 1480. The van der Waals surface area contributed by atoms with E-state index < -0.39 is 0 Å². The first-order valence-corrected chi connectivity index (χ1v) is 12.9. The Morgan fingerprint density at radius 3 is 2.78 bits per heavy atom. The Kier molecular flexibility index (Phi) is 6.46. The number of benzene rings is 2. The molecule has 0 spiro atoms. The van der Waals surface area contributed by atoms with Gasteiger partial charge in [-0.05, 0) is 42.0 Å². The average molecular weight is 515 g/mol. The van der Waals surface area contributed by atoms with E-state index in [4.69, 9.17) is 14.2 Å². The second kappa shape index (κ2) is 10.2. The Morgan fingerprint density at radius 1 is 1.08 bits per heavy atom. The third-order valence-corrected chi connectivity index (χ3v) is 7.43. The van der Waals surface area contributed by atoms with Gasteiger partial charge in [-0.2, -0.15) is 0 Å². The van der Waals surface area contributed by atoms with Crippen LogP contribution in [0.1, 0.15) is 5.56 Å². The standard InChI is InChI=1S/C28H26N4O4S/c1-34-27-8-5-18(17-30-27)16-29-19-6-7-23-25(13-19)37-24-4-2-3-21(28(24)36-23)22-14-20(15-26(33)31-22)32-9-11-35-12-10-32/h2-8,13-15,17,29H,9-12,16H2,1H3,(H,31,33). The van der Waals surface area contributed by atoms with Crippen molar-refractivity contribution in [3.05, 3.63) is 82.8 Å². The summed E-state index contributed by atoms with van der Waals surface area (Å²) in [6, 6.07) is 19.6. The lowest BCUT2D eigenvalue weighted by Crippen LogP contribution is -2.36. The molecule has 2 aliphatic heterocycles. The van der Waals surface area contributed by atoms with Crippen LogP contribution in [-0.2, 0) is 11.3 Å². The van der Waals surface area contributed by atoms with E-state index in [-0.39, 0.29) is 5.56 Å². The predicted molar refractivity (Wildman–Crippen MR) is 144 cm³/mol. The van der Waals surface area contributed by atoms with Crippen LogP contribution >= 0.6 is 11.8 Å². The van der Waals surface area contributed by atoms with Crippen LogP contribution < -0.4 is 25.2 Å². The summed E-state index contributed by atoms with van der Waals surface area (Å²) < 4.78 is 17.0. The average Bonchev–Trinajstić information content (AvgIpc) is 2.95. The number of para-hydroxylation sites is 1. The molecule has 0 atom stereocenters. The lowest BCUT2D eigenvalue weighted by atomic mass is 10.1. The van der Waals surface area contributed by atoms with Crippen LogP contribution in [0.3, 0.4) is 0 Å². The molecular weight excluding hydrogens is 488 g/mol. The van der Waals surface area contributed by atoms with Gasteiger partial charge in [0, 0.05) is 54.9 Å². The van der Waals surface area contributed by atoms with Crippen LogP contribution in [0, 0.1) is 0 Å². The number of morpholine rings is 1. The van der Waals surface area contributed by atoms with Gasteiger partial charge >= 0.3 is 0 Å². The number of methoxy groups -OCH3 is 1. The number of H-pyrrole nitrogens is 1. The van der Waals surface area contributed by atoms with Crippen LogP contribution in [0.5, 0.6) is 17.4 Å². The van der Waals surface area contributed by atoms with Crippen molar-refractivity contribution in [3.8, 4) is 28.6 Å². The first kappa shape index (κ1) is 23.4. The van der Waals surface area contributed by atoms with Crippen LogP contribution in [-0.4, -0.2) is 43.4 Å². The van der Waals surface area contributed by atoms with E-state index in [0.717, 1.165) is 62.6 Å². The van der Waals surface area contributed by atoms with E-state index in [1.165, 1.54) is 0 Å². The molecule has 2 aromatic heterocycles. The van der Waals surface area contributed by atoms with Crippen LogP contribution in [0.2, 0.25) is 0 Å². The van der Waals surface area contributed by atoms with E-state index >= 15 is 0 Å². The van der Waals surface area contributed by atoms with Gasteiger partial charge in [0.25, 0.3) is 0 Å². The van der Waals surface area contributed by atoms with E-state index in [1.807, 2.05) is 48.5 Å². The zero-order valence-electron chi connectivity index (χ0n) is 20.3. The molecule has 37 heavy (non-hydrogen) atoms. The van der Waals surface area contributed by atoms with Gasteiger partial charge in [0.1, 0.15) is 5.75 Å². The summed E-state index contributed by atoms with van der Waals surface area (Å²) in [5, 5.41) is 3.45. The second-order valence-corrected chi connectivity index (χ2v) is 9.86. The van der Waals surface area contributed by atoms with Gasteiger partial charge in [-0.25, -0.2) is 4.98 Å². The summed E-state index contributed by atoms with van der Waals surface area (Å²) in [6.45, 7) is 3.50. The molecule has 6 rings (SSSR count). The fourth-order valence-electron chi connectivity index (χ4n) is 4.44. The monoisotopic (exact) mass is 514 g/mol. The van der Waals surface area contributed by atoms with Gasteiger partial charge in [-0.15, -0.1) is 0 Å². The molecule has 4 heterocycles. The largest absolute Gasteiger partial charge is 0.481 e. The fourth-order valence-corrected chi connectivity index (χ4v) is 5.47. The van der Waals surface area contributed by atoms with Crippen molar-refractivity contribution >= 4 is 23.1 Å². The molecule has 4 aromatic rings. The molecule has 0 amide bonds. The Morgan fingerprint density at radius 2 is 1.97 bits per heavy atom. The number of hydrogen-bond donors (Lipinski definition) is 2. The SMILES string of the molecule is COc1ccc(CNc2ccc3c(c2)Sc2cccc(-c4cc(N5CCOCC5)cc(=O)[nH]4)c2O3)cn1. The smallest absolute Gasteiger partial charge is 0.250 e. The third-order valence-electron chi connectivity index (χ3n) is 6.35. The van der Waals surface area contributed by atoms with Gasteiger partial charge in [-0.1, -0.05) is 23.9 Å². The minimum Gasteiger partial charge on any atom is -0.481 e. The molecule has 2 aliphatic rings. The highest BCUT2D eigenvalue weighted by Crippen LogP contribution is 2.51. The van der Waals surface area contributed by atoms with Gasteiger partial charge in [0.15, 0.2) is 5.75 Å². The molecule has 0 unspecified atom stereocenters. The molecule has 0 aliphatic carbocycles. The third kappa shape index (κ3) is 5.00. The molecule has 188 valence electrons. The van der Waals surface area contributed by atoms with Gasteiger partial charge in [-0.3, -0.25) is 4.79 Å². The molecule has 9 heteroatoms. The quantitative estimate of drug-likeness (QED) is 0.322. The zero-order chi connectivity index (χ0) is 25.2. The first-order chi connectivity index (χ1) is 18.2. The summed E-state index contributed by atoms with van der Waals surface area (Å²) >= 11 is 1.66. The summed E-state index contributed by atoms with van der Waals surface area (Å²) in [4.78, 5) is 24.0. The molecular formula is C28H26N4O4S. The number of ether oxygens (including phenoxy) is 3. The maximum Gasteiger partial charge on any atom is 0.250 e. The van der Waals surface area contributed by atoms with E-state index in [1.54, 1.807) is 31.1 Å². The van der Waals surface area contributed by atoms with E-state index in [9.17, 15) is 4.79 Å². The first-order valence-electron chi connectivity index (χ1n) is 12.1. The number of fused-ring (bicyclic) bond motifs is 2. The summed E-state index contributed by atoms with van der Waals surface area (Å²) in [6.07, 6.45) is 1.80. The molecule has 0 radical (unpaired) electrons. The van der Waals surface area contributed by atoms with Crippen molar-refractivity contribution in [3.63, 3.8) is 0 Å². The Labute approximate surface area is 218 Å². The Hall–Kier alpha value is -3.95. The number of nitrogens with zero attached hydrogens (tertiary/aromatic N) is 2. The minimum atomic E-state index is -0.136. The van der Waals surface area contributed by atoms with Gasteiger partial charge in [0.2, 0.25) is 11.4 Å². The number of aromatic amines is 1. The lowest BCUT2D eigenvalue weighted by molar-refractivity contribution is 0.122. The van der Waals surface area contributed by atoms with Crippen molar-refractivity contribution in [2.24, 2.45) is 0 Å². The van der Waals surface area contributed by atoms with Crippen molar-refractivity contribution in [2.75, 3.05) is 43.6 Å².